The molecule has 1 atom stereocenters. The summed E-state index contributed by atoms with van der Waals surface area (Å²) in [6.07, 6.45) is 4.34. The van der Waals surface area contributed by atoms with Gasteiger partial charge < -0.3 is 9.30 Å². The third-order valence-electron chi connectivity index (χ3n) is 3.09. The Morgan fingerprint density at radius 1 is 1.22 bits per heavy atom. The molecule has 0 radical (unpaired) electrons. The number of nitrogens with zero attached hydrogens (tertiary/aromatic N) is 2. The normalized spacial score (nSPS) is 19.3. The second-order valence-electron chi connectivity index (χ2n) is 4.33. The second kappa shape index (κ2) is 4.49. The molecule has 1 aliphatic heterocycles. The summed E-state index contributed by atoms with van der Waals surface area (Å²) in [5.74, 6) is -0.617. The number of hydrogen-bond acceptors (Lipinski definition) is 2. The van der Waals surface area contributed by atoms with Gasteiger partial charge in [-0.15, -0.1) is 0 Å². The summed E-state index contributed by atoms with van der Waals surface area (Å²) in [5.41, 5.74) is 0.449. The van der Waals surface area contributed by atoms with Crippen LogP contribution in [0.3, 0.4) is 0 Å². The molecule has 0 amide bonds. The predicted molar refractivity (Wildman–Crippen MR) is 62.1 cm³/mol. The highest BCUT2D eigenvalue weighted by molar-refractivity contribution is 5.56. The zero-order valence-electron chi connectivity index (χ0n) is 9.64. The highest BCUT2D eigenvalue weighted by Crippen LogP contribution is 2.27. The zero-order valence-corrected chi connectivity index (χ0v) is 9.64. The quantitative estimate of drug-likeness (QED) is 0.819. The fraction of sp³-hybridized carbons (Fsp3) is 0.308. The molecule has 2 heterocycles. The first-order valence-electron chi connectivity index (χ1n) is 5.81. The third kappa shape index (κ3) is 2.01. The van der Waals surface area contributed by atoms with E-state index >= 15 is 0 Å². The Balaban J connectivity index is 2.03. The van der Waals surface area contributed by atoms with Crippen LogP contribution in [0.4, 0.5) is 8.78 Å². The van der Waals surface area contributed by atoms with Gasteiger partial charge in [0.15, 0.2) is 0 Å². The maximum absolute atomic E-state index is 13.2. The van der Waals surface area contributed by atoms with E-state index in [1.165, 1.54) is 12.1 Å². The molecule has 94 valence electrons. The van der Waals surface area contributed by atoms with Crippen molar-refractivity contribution in [2.45, 2.75) is 12.5 Å². The van der Waals surface area contributed by atoms with Crippen molar-refractivity contribution < 1.29 is 13.5 Å². The van der Waals surface area contributed by atoms with Crippen molar-refractivity contribution in [1.29, 1.82) is 0 Å². The van der Waals surface area contributed by atoms with Gasteiger partial charge in [-0.1, -0.05) is 0 Å². The third-order valence-corrected chi connectivity index (χ3v) is 3.09. The van der Waals surface area contributed by atoms with Crippen LogP contribution in [0.1, 0.15) is 12.5 Å². The van der Waals surface area contributed by atoms with Crippen LogP contribution in [-0.4, -0.2) is 22.8 Å². The Kier molecular flexibility index (Phi) is 2.83. The van der Waals surface area contributed by atoms with Gasteiger partial charge in [-0.3, -0.25) is 0 Å². The predicted octanol–water partition coefficient (Wildman–Crippen LogP) is 2.79. The van der Waals surface area contributed by atoms with E-state index in [9.17, 15) is 8.78 Å². The van der Waals surface area contributed by atoms with E-state index in [0.29, 0.717) is 24.6 Å². The molecule has 0 bridgehead atoms. The van der Waals surface area contributed by atoms with Gasteiger partial charge in [-0.25, -0.2) is 13.8 Å². The zero-order chi connectivity index (χ0) is 12.5. The molecule has 3 nitrogen and oxygen atoms in total. The van der Waals surface area contributed by atoms with Gasteiger partial charge in [0.1, 0.15) is 17.5 Å². The first-order valence-corrected chi connectivity index (χ1v) is 5.81. The average Bonchev–Trinajstić information content (AvgIpc) is 2.98. The van der Waals surface area contributed by atoms with Gasteiger partial charge in [0.25, 0.3) is 0 Å². The van der Waals surface area contributed by atoms with E-state index in [1.54, 1.807) is 6.20 Å². The summed E-state index contributed by atoms with van der Waals surface area (Å²) >= 11 is 0. The lowest BCUT2D eigenvalue weighted by atomic mass is 10.2. The van der Waals surface area contributed by atoms with Crippen LogP contribution in [0.2, 0.25) is 0 Å². The molecule has 0 saturated carbocycles. The van der Waals surface area contributed by atoms with Crippen molar-refractivity contribution >= 4 is 0 Å². The standard InChI is InChI=1S/C13H12F2N2O/c14-10-5-9(6-11(15)7-10)13-16-2-3-17(13)12-1-4-18-8-12/h2-3,5-7,12H,1,4,8H2. The molecule has 5 heteroatoms. The SMILES string of the molecule is Fc1cc(F)cc(-c2nccn2C2CCOC2)c1. The van der Waals surface area contributed by atoms with E-state index in [0.717, 1.165) is 12.5 Å². The van der Waals surface area contributed by atoms with E-state index < -0.39 is 11.6 Å². The van der Waals surface area contributed by atoms with Crippen molar-refractivity contribution in [3.63, 3.8) is 0 Å². The molecule has 1 unspecified atom stereocenters. The van der Waals surface area contributed by atoms with E-state index in [1.807, 2.05) is 10.8 Å². The lowest BCUT2D eigenvalue weighted by molar-refractivity contribution is 0.187. The molecular formula is C13H12F2N2O. The molecule has 2 aromatic rings. The fourth-order valence-electron chi connectivity index (χ4n) is 2.26. The first-order chi connectivity index (χ1) is 8.74. The van der Waals surface area contributed by atoms with Gasteiger partial charge in [0.05, 0.1) is 12.6 Å². The summed E-state index contributed by atoms with van der Waals surface area (Å²) in [6.45, 7) is 1.32. The summed E-state index contributed by atoms with van der Waals surface area (Å²) in [4.78, 5) is 4.19. The van der Waals surface area contributed by atoms with Gasteiger partial charge >= 0.3 is 0 Å². The number of imidazole rings is 1. The first kappa shape index (κ1) is 11.3. The van der Waals surface area contributed by atoms with Crippen molar-refractivity contribution in [3.8, 4) is 11.4 Å². The van der Waals surface area contributed by atoms with Crippen LogP contribution >= 0.6 is 0 Å². The van der Waals surface area contributed by atoms with E-state index in [-0.39, 0.29) is 6.04 Å². The Hall–Kier alpha value is -1.75. The lowest BCUT2D eigenvalue weighted by Crippen LogP contribution is -2.09. The Morgan fingerprint density at radius 2 is 2.00 bits per heavy atom. The fourth-order valence-corrected chi connectivity index (χ4v) is 2.26. The summed E-state index contributed by atoms with van der Waals surface area (Å²) < 4.78 is 33.7. The monoisotopic (exact) mass is 250 g/mol. The number of rotatable bonds is 2. The summed E-state index contributed by atoms with van der Waals surface area (Å²) in [5, 5.41) is 0. The van der Waals surface area contributed by atoms with Gasteiger partial charge in [-0.2, -0.15) is 0 Å². The Bertz CT molecular complexity index is 542. The lowest BCUT2D eigenvalue weighted by Gasteiger charge is -2.13. The minimum atomic E-state index is -0.595. The molecule has 0 aliphatic carbocycles. The van der Waals surface area contributed by atoms with Crippen LogP contribution in [0.15, 0.2) is 30.6 Å². The van der Waals surface area contributed by atoms with Crippen molar-refractivity contribution in [2.75, 3.05) is 13.2 Å². The maximum Gasteiger partial charge on any atom is 0.140 e. The average molecular weight is 250 g/mol. The van der Waals surface area contributed by atoms with Crippen LogP contribution in [-0.2, 0) is 4.74 Å². The van der Waals surface area contributed by atoms with Crippen molar-refractivity contribution in [1.82, 2.24) is 9.55 Å². The smallest absolute Gasteiger partial charge is 0.140 e. The van der Waals surface area contributed by atoms with Crippen LogP contribution < -0.4 is 0 Å². The molecule has 1 aliphatic rings. The molecular weight excluding hydrogens is 238 g/mol. The highest BCUT2D eigenvalue weighted by atomic mass is 19.1. The minimum absolute atomic E-state index is 0.189. The number of aromatic nitrogens is 2. The van der Waals surface area contributed by atoms with Gasteiger partial charge in [-0.05, 0) is 18.6 Å². The van der Waals surface area contributed by atoms with Gasteiger partial charge in [0.2, 0.25) is 0 Å². The molecule has 1 saturated heterocycles. The van der Waals surface area contributed by atoms with E-state index in [2.05, 4.69) is 4.98 Å². The number of ether oxygens (including phenoxy) is 1. The number of hydrogen-bond donors (Lipinski definition) is 0. The number of benzene rings is 1. The van der Waals surface area contributed by atoms with E-state index in [4.69, 9.17) is 4.74 Å². The molecule has 18 heavy (non-hydrogen) atoms. The molecule has 0 spiro atoms. The second-order valence-corrected chi connectivity index (χ2v) is 4.33. The molecule has 1 aromatic heterocycles. The largest absolute Gasteiger partial charge is 0.379 e. The van der Waals surface area contributed by atoms with Gasteiger partial charge in [0, 0.05) is 30.6 Å². The van der Waals surface area contributed by atoms with Crippen LogP contribution in [0, 0.1) is 11.6 Å². The molecule has 0 N–H and O–H groups in total. The topological polar surface area (TPSA) is 27.1 Å². The van der Waals surface area contributed by atoms with Crippen LogP contribution in [0.25, 0.3) is 11.4 Å². The Morgan fingerprint density at radius 3 is 2.67 bits per heavy atom. The van der Waals surface area contributed by atoms with Crippen molar-refractivity contribution in [3.05, 3.63) is 42.2 Å². The molecule has 1 fully saturated rings. The maximum atomic E-state index is 13.2. The van der Waals surface area contributed by atoms with Crippen LogP contribution in [0.5, 0.6) is 0 Å². The summed E-state index contributed by atoms with van der Waals surface area (Å²) in [7, 11) is 0. The highest BCUT2D eigenvalue weighted by Gasteiger charge is 2.20. The van der Waals surface area contributed by atoms with Crippen molar-refractivity contribution in [2.24, 2.45) is 0 Å². The number of halogens is 2. The molecule has 1 aromatic carbocycles. The molecule has 3 rings (SSSR count). The minimum Gasteiger partial charge on any atom is -0.379 e. The summed E-state index contributed by atoms with van der Waals surface area (Å²) in [6, 6.07) is 3.62. The Labute approximate surface area is 103 Å².